The van der Waals surface area contributed by atoms with E-state index in [4.69, 9.17) is 15.7 Å². The van der Waals surface area contributed by atoms with Crippen molar-refractivity contribution >= 4 is 17.3 Å². The van der Waals surface area contributed by atoms with Crippen molar-refractivity contribution in [2.24, 2.45) is 0 Å². The number of esters is 1. The predicted octanol–water partition coefficient (Wildman–Crippen LogP) is 2.19. The molecule has 0 aliphatic rings. The highest BCUT2D eigenvalue weighted by Gasteiger charge is 2.14. The molecule has 0 aliphatic heterocycles. The average molecular weight is 261 g/mol. The molecule has 5 heteroatoms. The van der Waals surface area contributed by atoms with Gasteiger partial charge in [-0.05, 0) is 31.0 Å². The Labute approximate surface area is 113 Å². The zero-order valence-electron chi connectivity index (χ0n) is 11.3. The number of nitrogens with two attached hydrogens (primary N) is 1. The highest BCUT2D eigenvalue weighted by atomic mass is 16.5. The number of anilines is 2. The Morgan fingerprint density at radius 3 is 2.79 bits per heavy atom. The first-order valence-electron chi connectivity index (χ1n) is 6.17. The third-order valence-corrected chi connectivity index (χ3v) is 2.64. The van der Waals surface area contributed by atoms with Crippen LogP contribution in [0.5, 0.6) is 0 Å². The molecule has 5 nitrogen and oxygen atoms in total. The number of ether oxygens (including phenoxy) is 1. The SMILES string of the molecule is CN(C)c1ccc(N)cc1C(=O)OCCCCC#N. The first-order valence-corrected chi connectivity index (χ1v) is 6.17. The molecule has 1 aromatic carbocycles. The van der Waals surface area contributed by atoms with E-state index in [1.165, 1.54) is 0 Å². The van der Waals surface area contributed by atoms with Crippen LogP contribution in [0.3, 0.4) is 0 Å². The van der Waals surface area contributed by atoms with Gasteiger partial charge < -0.3 is 15.4 Å². The van der Waals surface area contributed by atoms with E-state index in [0.29, 0.717) is 30.7 Å². The van der Waals surface area contributed by atoms with E-state index in [9.17, 15) is 4.79 Å². The Bertz CT molecular complexity index is 478. The Morgan fingerprint density at radius 2 is 2.16 bits per heavy atom. The molecule has 2 N–H and O–H groups in total. The summed E-state index contributed by atoms with van der Waals surface area (Å²) in [7, 11) is 3.71. The quantitative estimate of drug-likeness (QED) is 0.482. The van der Waals surface area contributed by atoms with Crippen LogP contribution in [0.4, 0.5) is 11.4 Å². The predicted molar refractivity (Wildman–Crippen MR) is 74.9 cm³/mol. The van der Waals surface area contributed by atoms with E-state index in [2.05, 4.69) is 6.07 Å². The standard InChI is InChI=1S/C14H19N3O2/c1-17(2)13-7-6-11(16)10-12(13)14(18)19-9-5-3-4-8-15/h6-7,10H,3-5,9,16H2,1-2H3. The van der Waals surface area contributed by atoms with Crippen LogP contribution >= 0.6 is 0 Å². The van der Waals surface area contributed by atoms with Crippen molar-refractivity contribution in [3.63, 3.8) is 0 Å². The lowest BCUT2D eigenvalue weighted by molar-refractivity contribution is 0.0499. The molecule has 0 spiro atoms. The van der Waals surface area contributed by atoms with Gasteiger partial charge in [-0.15, -0.1) is 0 Å². The van der Waals surface area contributed by atoms with Gasteiger partial charge in [0.15, 0.2) is 0 Å². The summed E-state index contributed by atoms with van der Waals surface area (Å²) in [6, 6.07) is 7.22. The fraction of sp³-hybridized carbons (Fsp3) is 0.429. The van der Waals surface area contributed by atoms with Gasteiger partial charge in [0, 0.05) is 26.2 Å². The van der Waals surface area contributed by atoms with Crippen LogP contribution in [0.2, 0.25) is 0 Å². The molecule has 102 valence electrons. The molecule has 0 amide bonds. The number of unbranched alkanes of at least 4 members (excludes halogenated alkanes) is 2. The van der Waals surface area contributed by atoms with E-state index in [0.717, 1.165) is 12.1 Å². The number of nitrogens with zero attached hydrogens (tertiary/aromatic N) is 2. The van der Waals surface area contributed by atoms with Crippen molar-refractivity contribution in [1.29, 1.82) is 5.26 Å². The molecule has 0 atom stereocenters. The maximum absolute atomic E-state index is 12.0. The van der Waals surface area contributed by atoms with Gasteiger partial charge in [-0.1, -0.05) is 0 Å². The van der Waals surface area contributed by atoms with Gasteiger partial charge in [-0.3, -0.25) is 0 Å². The summed E-state index contributed by atoms with van der Waals surface area (Å²) >= 11 is 0. The minimum atomic E-state index is -0.382. The van der Waals surface area contributed by atoms with Crippen LogP contribution in [-0.2, 0) is 4.74 Å². The Morgan fingerprint density at radius 1 is 1.42 bits per heavy atom. The number of nitrogen functional groups attached to an aromatic ring is 1. The molecule has 0 aromatic heterocycles. The first kappa shape index (κ1) is 14.8. The molecule has 0 radical (unpaired) electrons. The summed E-state index contributed by atoms with van der Waals surface area (Å²) in [6.45, 7) is 0.322. The zero-order valence-corrected chi connectivity index (χ0v) is 11.3. The topological polar surface area (TPSA) is 79.3 Å². The van der Waals surface area contributed by atoms with Crippen LogP contribution in [0.15, 0.2) is 18.2 Å². The molecular formula is C14H19N3O2. The zero-order chi connectivity index (χ0) is 14.3. The number of rotatable bonds is 6. The lowest BCUT2D eigenvalue weighted by Crippen LogP contribution is -2.16. The van der Waals surface area contributed by atoms with Gasteiger partial charge in [-0.2, -0.15) is 5.26 Å². The van der Waals surface area contributed by atoms with Crippen molar-refractivity contribution < 1.29 is 9.53 Å². The van der Waals surface area contributed by atoms with Gasteiger partial charge in [0.1, 0.15) is 0 Å². The molecule has 19 heavy (non-hydrogen) atoms. The minimum absolute atomic E-state index is 0.322. The number of hydrogen-bond acceptors (Lipinski definition) is 5. The van der Waals surface area contributed by atoms with Gasteiger partial charge in [0.2, 0.25) is 0 Å². The van der Waals surface area contributed by atoms with Gasteiger partial charge in [0.25, 0.3) is 0 Å². The van der Waals surface area contributed by atoms with Crippen molar-refractivity contribution in [2.75, 3.05) is 31.3 Å². The number of carbonyl (C=O) groups excluding carboxylic acids is 1. The third kappa shape index (κ3) is 4.51. The van der Waals surface area contributed by atoms with Crippen molar-refractivity contribution in [1.82, 2.24) is 0 Å². The maximum Gasteiger partial charge on any atom is 0.340 e. The number of nitriles is 1. The molecule has 0 aliphatic carbocycles. The summed E-state index contributed by atoms with van der Waals surface area (Å²) in [6.07, 6.45) is 1.92. The molecule has 1 rings (SSSR count). The molecular weight excluding hydrogens is 242 g/mol. The Balaban J connectivity index is 2.66. The summed E-state index contributed by atoms with van der Waals surface area (Å²) in [5, 5.41) is 8.40. The number of carbonyl (C=O) groups is 1. The largest absolute Gasteiger partial charge is 0.462 e. The highest BCUT2D eigenvalue weighted by Crippen LogP contribution is 2.22. The normalized spacial score (nSPS) is 9.74. The van der Waals surface area contributed by atoms with Crippen LogP contribution in [0, 0.1) is 11.3 Å². The molecule has 0 bridgehead atoms. The van der Waals surface area contributed by atoms with Gasteiger partial charge >= 0.3 is 5.97 Å². The van der Waals surface area contributed by atoms with Gasteiger partial charge in [0.05, 0.1) is 23.9 Å². The summed E-state index contributed by atoms with van der Waals surface area (Å²) in [5.74, 6) is -0.382. The summed E-state index contributed by atoms with van der Waals surface area (Å²) in [4.78, 5) is 13.8. The second-order valence-electron chi connectivity index (χ2n) is 4.42. The molecule has 0 saturated carbocycles. The van der Waals surface area contributed by atoms with Crippen LogP contribution < -0.4 is 10.6 Å². The summed E-state index contributed by atoms with van der Waals surface area (Å²) in [5.41, 5.74) is 7.46. The van der Waals surface area contributed by atoms with E-state index >= 15 is 0 Å². The first-order chi connectivity index (χ1) is 9.06. The van der Waals surface area contributed by atoms with Crippen molar-refractivity contribution in [2.45, 2.75) is 19.3 Å². The lowest BCUT2D eigenvalue weighted by Gasteiger charge is -2.17. The fourth-order valence-electron chi connectivity index (χ4n) is 1.66. The fourth-order valence-corrected chi connectivity index (χ4v) is 1.66. The molecule has 0 fully saturated rings. The monoisotopic (exact) mass is 261 g/mol. The smallest absolute Gasteiger partial charge is 0.340 e. The Hall–Kier alpha value is -2.22. The average Bonchev–Trinajstić information content (AvgIpc) is 2.37. The number of benzene rings is 1. The van der Waals surface area contributed by atoms with E-state index in [-0.39, 0.29) is 5.97 Å². The van der Waals surface area contributed by atoms with E-state index in [1.807, 2.05) is 19.0 Å². The highest BCUT2D eigenvalue weighted by molar-refractivity contribution is 5.96. The van der Waals surface area contributed by atoms with Crippen molar-refractivity contribution in [3.05, 3.63) is 23.8 Å². The Kier molecular flexibility index (Phi) is 5.68. The summed E-state index contributed by atoms with van der Waals surface area (Å²) < 4.78 is 5.19. The van der Waals surface area contributed by atoms with Crippen molar-refractivity contribution in [3.8, 4) is 6.07 Å². The van der Waals surface area contributed by atoms with Gasteiger partial charge in [-0.25, -0.2) is 4.79 Å². The van der Waals surface area contributed by atoms with E-state index in [1.54, 1.807) is 18.2 Å². The van der Waals surface area contributed by atoms with E-state index < -0.39 is 0 Å². The minimum Gasteiger partial charge on any atom is -0.462 e. The maximum atomic E-state index is 12.0. The number of hydrogen-bond donors (Lipinski definition) is 1. The third-order valence-electron chi connectivity index (χ3n) is 2.64. The second-order valence-corrected chi connectivity index (χ2v) is 4.42. The lowest BCUT2D eigenvalue weighted by atomic mass is 10.1. The molecule has 0 saturated heterocycles. The van der Waals surface area contributed by atoms with Crippen LogP contribution in [0.1, 0.15) is 29.6 Å². The second kappa shape index (κ2) is 7.27. The molecule has 1 aromatic rings. The molecule has 0 heterocycles. The van der Waals surface area contributed by atoms with Crippen LogP contribution in [-0.4, -0.2) is 26.7 Å². The molecule has 0 unspecified atom stereocenters. The van der Waals surface area contributed by atoms with Crippen LogP contribution in [0.25, 0.3) is 0 Å².